The Morgan fingerprint density at radius 2 is 1.75 bits per heavy atom. The van der Waals surface area contributed by atoms with Crippen LogP contribution in [0, 0.1) is 10.1 Å². The van der Waals surface area contributed by atoms with E-state index in [-0.39, 0.29) is 0 Å². The molecule has 1 aliphatic rings. The smallest absolute Gasteiger partial charge is 0.274 e. The number of benzene rings is 1. The van der Waals surface area contributed by atoms with Gasteiger partial charge in [0.1, 0.15) is 10.3 Å². The Morgan fingerprint density at radius 3 is 2.33 bits per heavy atom. The van der Waals surface area contributed by atoms with E-state index in [9.17, 15) is 10.1 Å². The van der Waals surface area contributed by atoms with Crippen LogP contribution in [0.4, 0.5) is 0 Å². The highest BCUT2D eigenvalue weighted by atomic mass is 35.5. The number of hydrogen-bond donors (Lipinski definition) is 0. The highest BCUT2D eigenvalue weighted by Crippen LogP contribution is 2.17. The van der Waals surface area contributed by atoms with E-state index in [1.807, 2.05) is 46.2 Å². The van der Waals surface area contributed by atoms with Crippen molar-refractivity contribution < 1.29 is 5.03 Å². The van der Waals surface area contributed by atoms with Crippen LogP contribution in [0.2, 0.25) is 5.15 Å². The molecule has 1 aromatic carbocycles. The van der Waals surface area contributed by atoms with Gasteiger partial charge in [-0.3, -0.25) is 0 Å². The van der Waals surface area contributed by atoms with E-state index < -0.39 is 5.03 Å². The van der Waals surface area contributed by atoms with Gasteiger partial charge in [0.25, 0.3) is 5.96 Å². The highest BCUT2D eigenvalue weighted by molar-refractivity contribution is 6.29. The molecular formula is C16H16ClN5O2. The molecule has 1 aliphatic heterocycles. The summed E-state index contributed by atoms with van der Waals surface area (Å²) >= 11 is 5.79. The summed E-state index contributed by atoms with van der Waals surface area (Å²) < 4.78 is 0. The number of hydrogen-bond acceptors (Lipinski definition) is 3. The Morgan fingerprint density at radius 1 is 1.08 bits per heavy atom. The minimum Gasteiger partial charge on any atom is -0.331 e. The summed E-state index contributed by atoms with van der Waals surface area (Å²) in [5, 5.41) is 14.3. The Bertz CT molecular complexity index is 736. The maximum absolute atomic E-state index is 10.9. The number of nitrogens with zero attached hydrogens (tertiary/aromatic N) is 5. The van der Waals surface area contributed by atoms with Gasteiger partial charge < -0.3 is 9.80 Å². The van der Waals surface area contributed by atoms with Crippen LogP contribution in [-0.4, -0.2) is 38.9 Å². The largest absolute Gasteiger partial charge is 0.331 e. The molecule has 0 unspecified atom stereocenters. The monoisotopic (exact) mass is 345 g/mol. The third-order valence-corrected chi connectivity index (χ3v) is 3.98. The zero-order valence-corrected chi connectivity index (χ0v) is 13.6. The molecule has 2 heterocycles. The molecule has 24 heavy (non-hydrogen) atoms. The van der Waals surface area contributed by atoms with E-state index in [1.54, 1.807) is 12.3 Å². The van der Waals surface area contributed by atoms with Gasteiger partial charge in [0, 0.05) is 32.4 Å². The van der Waals surface area contributed by atoms with Crippen LogP contribution < -0.4 is 0 Å². The van der Waals surface area contributed by atoms with Gasteiger partial charge in [-0.15, -0.1) is 0 Å². The molecule has 0 atom stereocenters. The zero-order chi connectivity index (χ0) is 16.9. The summed E-state index contributed by atoms with van der Waals surface area (Å²) in [5.41, 5.74) is 2.01. The number of aromatic nitrogens is 1. The second-order valence-electron chi connectivity index (χ2n) is 5.46. The van der Waals surface area contributed by atoms with Crippen LogP contribution in [0.15, 0.2) is 53.8 Å². The van der Waals surface area contributed by atoms with Crippen LogP contribution in [-0.2, 0) is 13.1 Å². The lowest BCUT2D eigenvalue weighted by Crippen LogP contribution is -2.34. The zero-order valence-electron chi connectivity index (χ0n) is 12.9. The molecule has 0 bridgehead atoms. The summed E-state index contributed by atoms with van der Waals surface area (Å²) in [6.45, 7) is 2.44. The second kappa shape index (κ2) is 7.27. The highest BCUT2D eigenvalue weighted by Gasteiger charge is 2.29. The van der Waals surface area contributed by atoms with E-state index in [4.69, 9.17) is 11.6 Å². The molecule has 1 aromatic heterocycles. The third kappa shape index (κ3) is 3.99. The molecule has 124 valence electrons. The number of pyridine rings is 1. The van der Waals surface area contributed by atoms with Crippen LogP contribution in [0.3, 0.4) is 0 Å². The van der Waals surface area contributed by atoms with E-state index in [0.717, 1.165) is 11.1 Å². The summed E-state index contributed by atoms with van der Waals surface area (Å²) in [6, 6.07) is 13.4. The summed E-state index contributed by atoms with van der Waals surface area (Å²) in [4.78, 5) is 18.8. The van der Waals surface area contributed by atoms with Gasteiger partial charge in [0.15, 0.2) is 5.03 Å². The van der Waals surface area contributed by atoms with Crippen LogP contribution >= 0.6 is 11.6 Å². The molecule has 0 radical (unpaired) electrons. The fraction of sp³-hybridized carbons (Fsp3) is 0.250. The van der Waals surface area contributed by atoms with Gasteiger partial charge in [-0.05, 0) is 17.2 Å². The second-order valence-corrected chi connectivity index (χ2v) is 5.84. The Labute approximate surface area is 144 Å². The quantitative estimate of drug-likeness (QED) is 0.473. The van der Waals surface area contributed by atoms with Crippen molar-refractivity contribution in [3.05, 3.63) is 75.1 Å². The van der Waals surface area contributed by atoms with Gasteiger partial charge in [0.2, 0.25) is 0 Å². The molecule has 0 aliphatic carbocycles. The maximum Gasteiger partial charge on any atom is 0.274 e. The molecule has 3 rings (SSSR count). The first-order valence-corrected chi connectivity index (χ1v) is 7.87. The van der Waals surface area contributed by atoms with Crippen LogP contribution in [0.5, 0.6) is 0 Å². The lowest BCUT2D eigenvalue weighted by atomic mass is 10.2. The van der Waals surface area contributed by atoms with Crippen molar-refractivity contribution in [2.45, 2.75) is 13.1 Å². The standard InChI is InChI=1S/C16H16ClN5O2/c17-15-7-6-14(10-18-15)12-21-9-8-20(16(21)19-22(23)24)11-13-4-2-1-3-5-13/h1-7,10H,8-9,11-12H2/b19-16+. The third-order valence-electron chi connectivity index (χ3n) is 3.75. The molecule has 0 spiro atoms. The van der Waals surface area contributed by atoms with Crippen molar-refractivity contribution >= 4 is 17.6 Å². The van der Waals surface area contributed by atoms with Gasteiger partial charge in [0.05, 0.1) is 0 Å². The first kappa shape index (κ1) is 16.2. The SMILES string of the molecule is O=[N+]([O-])/N=C1\N(Cc2ccccc2)CCN1Cc1ccc(Cl)nc1. The topological polar surface area (TPSA) is 74.9 Å². The van der Waals surface area contributed by atoms with Crippen molar-refractivity contribution in [1.82, 2.24) is 14.8 Å². The molecule has 0 saturated carbocycles. The van der Waals surface area contributed by atoms with E-state index in [1.165, 1.54) is 0 Å². The fourth-order valence-electron chi connectivity index (χ4n) is 2.66. The summed E-state index contributed by atoms with van der Waals surface area (Å²) in [6.07, 6.45) is 1.67. The first-order chi connectivity index (χ1) is 11.6. The molecule has 1 fully saturated rings. The Hall–Kier alpha value is -2.67. The van der Waals surface area contributed by atoms with Crippen LogP contribution in [0.1, 0.15) is 11.1 Å². The average Bonchev–Trinajstić information content (AvgIpc) is 2.92. The van der Waals surface area contributed by atoms with E-state index in [0.29, 0.717) is 37.3 Å². The molecule has 2 aromatic rings. The first-order valence-electron chi connectivity index (χ1n) is 7.49. The number of nitro groups is 1. The predicted octanol–water partition coefficient (Wildman–Crippen LogP) is 2.60. The molecule has 0 N–H and O–H groups in total. The van der Waals surface area contributed by atoms with Gasteiger partial charge in [-0.1, -0.05) is 48.0 Å². The van der Waals surface area contributed by atoms with E-state index >= 15 is 0 Å². The number of rotatable bonds is 5. The Balaban J connectivity index is 1.77. The average molecular weight is 346 g/mol. The Kier molecular flexibility index (Phi) is 4.90. The number of hydrazone groups is 1. The van der Waals surface area contributed by atoms with Gasteiger partial charge in [-0.2, -0.15) is 0 Å². The number of guanidine groups is 1. The lowest BCUT2D eigenvalue weighted by Gasteiger charge is -2.20. The fourth-order valence-corrected chi connectivity index (χ4v) is 2.78. The maximum atomic E-state index is 10.9. The normalized spacial score (nSPS) is 16.0. The summed E-state index contributed by atoms with van der Waals surface area (Å²) in [5.74, 6) is 0.374. The van der Waals surface area contributed by atoms with Gasteiger partial charge >= 0.3 is 0 Å². The van der Waals surface area contributed by atoms with Gasteiger partial charge in [-0.25, -0.2) is 15.1 Å². The lowest BCUT2D eigenvalue weighted by molar-refractivity contribution is -0.486. The number of halogens is 1. The van der Waals surface area contributed by atoms with Crippen molar-refractivity contribution in [2.24, 2.45) is 5.10 Å². The molecule has 1 saturated heterocycles. The van der Waals surface area contributed by atoms with Crippen molar-refractivity contribution in [2.75, 3.05) is 13.1 Å². The summed E-state index contributed by atoms with van der Waals surface area (Å²) in [7, 11) is 0. The van der Waals surface area contributed by atoms with Crippen molar-refractivity contribution in [3.63, 3.8) is 0 Å². The van der Waals surface area contributed by atoms with Crippen molar-refractivity contribution in [3.8, 4) is 0 Å². The molecule has 0 amide bonds. The van der Waals surface area contributed by atoms with E-state index in [2.05, 4.69) is 10.1 Å². The van der Waals surface area contributed by atoms with Crippen molar-refractivity contribution in [1.29, 1.82) is 0 Å². The minimum absolute atomic E-state index is 0.374. The van der Waals surface area contributed by atoms with Crippen LogP contribution in [0.25, 0.3) is 0 Å². The molecule has 7 nitrogen and oxygen atoms in total. The molecular weight excluding hydrogens is 330 g/mol. The predicted molar refractivity (Wildman–Crippen MR) is 90.9 cm³/mol. The molecule has 8 heteroatoms. The minimum atomic E-state index is -0.647.